The molecule has 0 atom stereocenters. The van der Waals surface area contributed by atoms with Gasteiger partial charge >= 0.3 is 5.97 Å². The molecule has 0 amide bonds. The summed E-state index contributed by atoms with van der Waals surface area (Å²) in [5.41, 5.74) is 2.61. The number of halogens is 1. The first kappa shape index (κ1) is 14.9. The van der Waals surface area contributed by atoms with Crippen LogP contribution in [0.25, 0.3) is 16.9 Å². The van der Waals surface area contributed by atoms with Crippen LogP contribution >= 0.6 is 0 Å². The van der Waals surface area contributed by atoms with E-state index < -0.39 is 11.8 Å². The number of carbonyl (C=O) groups is 1. The van der Waals surface area contributed by atoms with Crippen molar-refractivity contribution in [1.29, 1.82) is 0 Å². The van der Waals surface area contributed by atoms with Crippen molar-refractivity contribution in [3.63, 3.8) is 0 Å². The van der Waals surface area contributed by atoms with Crippen LogP contribution in [0.2, 0.25) is 0 Å². The van der Waals surface area contributed by atoms with Crippen molar-refractivity contribution >= 4 is 5.97 Å². The van der Waals surface area contributed by atoms with Crippen molar-refractivity contribution in [3.05, 3.63) is 65.1 Å². The fraction of sp³-hybridized carbons (Fsp3) is 0.118. The predicted octanol–water partition coefficient (Wildman–Crippen LogP) is 3.39. The molecule has 1 heterocycles. The molecule has 0 fully saturated rings. The number of benzene rings is 2. The second-order valence-corrected chi connectivity index (χ2v) is 5.33. The van der Waals surface area contributed by atoms with Gasteiger partial charge in [-0.05, 0) is 49.2 Å². The molecule has 116 valence electrons. The maximum absolute atomic E-state index is 14.2. The lowest BCUT2D eigenvalue weighted by Gasteiger charge is -2.10. The smallest absolute Gasteiger partial charge is 0.358 e. The van der Waals surface area contributed by atoms with E-state index in [4.69, 9.17) is 0 Å². The van der Waals surface area contributed by atoms with Crippen LogP contribution in [-0.4, -0.2) is 26.1 Å². The Bertz CT molecular complexity index is 882. The molecule has 0 bridgehead atoms. The Hall–Kier alpha value is -3.02. The summed E-state index contributed by atoms with van der Waals surface area (Å²) in [7, 11) is 0. The third-order valence-electron chi connectivity index (χ3n) is 3.45. The number of carboxylic acid groups (broad SMARTS) is 1. The summed E-state index contributed by atoms with van der Waals surface area (Å²) in [4.78, 5) is 11.4. The molecule has 6 heteroatoms. The van der Waals surface area contributed by atoms with Crippen LogP contribution in [0.4, 0.5) is 4.39 Å². The van der Waals surface area contributed by atoms with E-state index in [9.17, 15) is 14.3 Å². The summed E-state index contributed by atoms with van der Waals surface area (Å²) >= 11 is 0. The van der Waals surface area contributed by atoms with Gasteiger partial charge in [-0.2, -0.15) is 0 Å². The van der Waals surface area contributed by atoms with Crippen molar-refractivity contribution in [1.82, 2.24) is 15.0 Å². The third kappa shape index (κ3) is 2.70. The largest absolute Gasteiger partial charge is 0.476 e. The van der Waals surface area contributed by atoms with Crippen LogP contribution in [0, 0.1) is 19.7 Å². The number of hydrogen-bond acceptors (Lipinski definition) is 3. The molecule has 2 aromatic carbocycles. The van der Waals surface area contributed by atoms with E-state index in [1.165, 1.54) is 16.8 Å². The Morgan fingerprint density at radius 1 is 1.13 bits per heavy atom. The van der Waals surface area contributed by atoms with E-state index in [2.05, 4.69) is 10.3 Å². The highest BCUT2D eigenvalue weighted by Gasteiger charge is 2.23. The second-order valence-electron chi connectivity index (χ2n) is 5.33. The highest BCUT2D eigenvalue weighted by Crippen LogP contribution is 2.28. The molecule has 1 N–H and O–H groups in total. The highest BCUT2D eigenvalue weighted by molar-refractivity contribution is 5.93. The zero-order chi connectivity index (χ0) is 16.6. The maximum Gasteiger partial charge on any atom is 0.358 e. The van der Waals surface area contributed by atoms with E-state index in [1.54, 1.807) is 12.1 Å². The second kappa shape index (κ2) is 5.64. The predicted molar refractivity (Wildman–Crippen MR) is 83.2 cm³/mol. The van der Waals surface area contributed by atoms with Crippen molar-refractivity contribution in [2.75, 3.05) is 0 Å². The van der Waals surface area contributed by atoms with Gasteiger partial charge < -0.3 is 5.11 Å². The molecule has 5 nitrogen and oxygen atoms in total. The quantitative estimate of drug-likeness (QED) is 0.805. The topological polar surface area (TPSA) is 68.0 Å². The normalized spacial score (nSPS) is 10.7. The van der Waals surface area contributed by atoms with E-state index >= 15 is 0 Å². The average Bonchev–Trinajstić information content (AvgIpc) is 2.91. The van der Waals surface area contributed by atoms with Crippen LogP contribution in [-0.2, 0) is 0 Å². The number of carboxylic acids is 1. The Morgan fingerprint density at radius 3 is 2.39 bits per heavy atom. The zero-order valence-corrected chi connectivity index (χ0v) is 12.6. The monoisotopic (exact) mass is 311 g/mol. The first-order chi connectivity index (χ1) is 11.0. The summed E-state index contributed by atoms with van der Waals surface area (Å²) in [6.07, 6.45) is 0. The lowest BCUT2D eigenvalue weighted by atomic mass is 10.1. The van der Waals surface area contributed by atoms with Gasteiger partial charge in [0, 0.05) is 5.56 Å². The van der Waals surface area contributed by atoms with Gasteiger partial charge in [-0.15, -0.1) is 5.10 Å². The van der Waals surface area contributed by atoms with Gasteiger partial charge in [0.1, 0.15) is 11.5 Å². The fourth-order valence-corrected chi connectivity index (χ4v) is 2.57. The van der Waals surface area contributed by atoms with Gasteiger partial charge in [0.25, 0.3) is 0 Å². The van der Waals surface area contributed by atoms with Crippen molar-refractivity contribution < 1.29 is 14.3 Å². The molecule has 3 rings (SSSR count). The molecule has 3 aromatic rings. The first-order valence-electron chi connectivity index (χ1n) is 7.00. The number of nitrogens with zero attached hydrogens (tertiary/aromatic N) is 3. The van der Waals surface area contributed by atoms with Gasteiger partial charge in [0.2, 0.25) is 0 Å². The fourth-order valence-electron chi connectivity index (χ4n) is 2.57. The Morgan fingerprint density at radius 2 is 1.78 bits per heavy atom. The minimum Gasteiger partial charge on any atom is -0.476 e. The van der Waals surface area contributed by atoms with Crippen LogP contribution in [0.15, 0.2) is 42.5 Å². The summed E-state index contributed by atoms with van der Waals surface area (Å²) in [6.45, 7) is 3.85. The Labute approximate surface area is 132 Å². The minimum absolute atomic E-state index is 0.126. The highest BCUT2D eigenvalue weighted by atomic mass is 19.1. The third-order valence-corrected chi connectivity index (χ3v) is 3.45. The van der Waals surface area contributed by atoms with Crippen LogP contribution in [0.3, 0.4) is 0 Å². The van der Waals surface area contributed by atoms with E-state index in [-0.39, 0.29) is 17.0 Å². The van der Waals surface area contributed by atoms with E-state index in [0.717, 1.165) is 11.1 Å². The SMILES string of the molecule is Cc1cc(C)cc(-n2nnc(C(=O)O)c2-c2ccccc2F)c1. The van der Waals surface area contributed by atoms with Crippen molar-refractivity contribution in [3.8, 4) is 16.9 Å². The van der Waals surface area contributed by atoms with Gasteiger partial charge in [-0.1, -0.05) is 23.4 Å². The molecular formula is C17H14FN3O2. The molecule has 0 radical (unpaired) electrons. The summed E-state index contributed by atoms with van der Waals surface area (Å²) in [6, 6.07) is 11.7. The van der Waals surface area contributed by atoms with E-state index in [1.807, 2.05) is 32.0 Å². The molecular weight excluding hydrogens is 297 g/mol. The summed E-state index contributed by atoms with van der Waals surface area (Å²) < 4.78 is 15.6. The van der Waals surface area contributed by atoms with Gasteiger partial charge in [0.05, 0.1) is 5.69 Å². The number of aromatic nitrogens is 3. The van der Waals surface area contributed by atoms with Crippen molar-refractivity contribution in [2.24, 2.45) is 0 Å². The van der Waals surface area contributed by atoms with Crippen LogP contribution in [0.5, 0.6) is 0 Å². The molecule has 0 saturated carbocycles. The van der Waals surface area contributed by atoms with Crippen LogP contribution < -0.4 is 0 Å². The summed E-state index contributed by atoms with van der Waals surface area (Å²) in [5, 5.41) is 17.0. The molecule has 0 unspecified atom stereocenters. The lowest BCUT2D eigenvalue weighted by molar-refractivity contribution is 0.0691. The Kier molecular flexibility index (Phi) is 3.65. The van der Waals surface area contributed by atoms with Gasteiger partial charge in [0.15, 0.2) is 5.69 Å². The number of aryl methyl sites for hydroxylation is 2. The molecule has 0 aliphatic rings. The zero-order valence-electron chi connectivity index (χ0n) is 12.6. The first-order valence-corrected chi connectivity index (χ1v) is 7.00. The standard InChI is InChI=1S/C17H14FN3O2/c1-10-7-11(2)9-12(8-10)21-16(15(17(22)23)19-20-21)13-5-3-4-6-14(13)18/h3-9H,1-2H3,(H,22,23). The maximum atomic E-state index is 14.2. The Balaban J connectivity index is 2.31. The van der Waals surface area contributed by atoms with Crippen molar-refractivity contribution in [2.45, 2.75) is 13.8 Å². The number of aromatic carboxylic acids is 1. The van der Waals surface area contributed by atoms with Crippen LogP contribution in [0.1, 0.15) is 21.6 Å². The molecule has 0 saturated heterocycles. The van der Waals surface area contributed by atoms with E-state index in [0.29, 0.717) is 5.69 Å². The number of rotatable bonds is 3. The molecule has 1 aromatic heterocycles. The van der Waals surface area contributed by atoms with Gasteiger partial charge in [-0.25, -0.2) is 13.9 Å². The summed E-state index contributed by atoms with van der Waals surface area (Å²) in [5.74, 6) is -1.78. The van der Waals surface area contributed by atoms with Gasteiger partial charge in [-0.3, -0.25) is 0 Å². The average molecular weight is 311 g/mol. The lowest BCUT2D eigenvalue weighted by Crippen LogP contribution is -2.05. The molecule has 0 spiro atoms. The number of hydrogen-bond donors (Lipinski definition) is 1. The molecule has 0 aliphatic carbocycles. The minimum atomic E-state index is -1.25. The molecule has 0 aliphatic heterocycles. The molecule has 23 heavy (non-hydrogen) atoms.